The van der Waals surface area contributed by atoms with Crippen molar-refractivity contribution in [2.24, 2.45) is 10.9 Å². The fourth-order valence-corrected chi connectivity index (χ4v) is 2.75. The molecular formula is C13H23F3N4. The van der Waals surface area contributed by atoms with Gasteiger partial charge in [0.2, 0.25) is 0 Å². The Hall–Kier alpha value is -0.980. The van der Waals surface area contributed by atoms with Gasteiger partial charge in [0.15, 0.2) is 5.96 Å². The highest BCUT2D eigenvalue weighted by Gasteiger charge is 2.32. The summed E-state index contributed by atoms with van der Waals surface area (Å²) in [5.41, 5.74) is 0. The highest BCUT2D eigenvalue weighted by Crippen LogP contribution is 2.22. The number of piperidine rings is 1. The third-order valence-corrected chi connectivity index (χ3v) is 3.93. The number of halogens is 3. The summed E-state index contributed by atoms with van der Waals surface area (Å²) in [6, 6.07) is 0. The van der Waals surface area contributed by atoms with Crippen molar-refractivity contribution in [1.82, 2.24) is 15.1 Å². The van der Waals surface area contributed by atoms with E-state index in [0.29, 0.717) is 19.0 Å². The van der Waals surface area contributed by atoms with Gasteiger partial charge in [0.1, 0.15) is 0 Å². The van der Waals surface area contributed by atoms with Gasteiger partial charge in [-0.1, -0.05) is 0 Å². The zero-order valence-electron chi connectivity index (χ0n) is 11.9. The summed E-state index contributed by atoms with van der Waals surface area (Å²) in [4.78, 5) is 8.03. The maximum absolute atomic E-state index is 12.3. The highest BCUT2D eigenvalue weighted by atomic mass is 19.4. The molecule has 116 valence electrons. The first-order valence-electron chi connectivity index (χ1n) is 7.22. The summed E-state index contributed by atoms with van der Waals surface area (Å²) in [5.74, 6) is 1.37. The number of alkyl halides is 3. The predicted molar refractivity (Wildman–Crippen MR) is 72.8 cm³/mol. The Labute approximate surface area is 118 Å². The monoisotopic (exact) mass is 292 g/mol. The summed E-state index contributed by atoms with van der Waals surface area (Å²) < 4.78 is 36.9. The van der Waals surface area contributed by atoms with Crippen LogP contribution in [0.2, 0.25) is 0 Å². The van der Waals surface area contributed by atoms with Gasteiger partial charge in [-0.2, -0.15) is 13.2 Å². The molecule has 0 saturated carbocycles. The summed E-state index contributed by atoms with van der Waals surface area (Å²) >= 11 is 0. The van der Waals surface area contributed by atoms with E-state index in [1.807, 2.05) is 7.05 Å². The Bertz CT molecular complexity index is 335. The van der Waals surface area contributed by atoms with Gasteiger partial charge < -0.3 is 10.2 Å². The molecule has 2 aliphatic rings. The van der Waals surface area contributed by atoms with Gasteiger partial charge in [-0.15, -0.1) is 0 Å². The van der Waals surface area contributed by atoms with E-state index in [1.165, 1.54) is 4.90 Å². The molecule has 0 atom stereocenters. The fraction of sp³-hybridized carbons (Fsp3) is 0.923. The molecule has 0 spiro atoms. The van der Waals surface area contributed by atoms with Crippen LogP contribution in [0.15, 0.2) is 4.99 Å². The molecule has 1 fully saturated rings. The van der Waals surface area contributed by atoms with Crippen LogP contribution >= 0.6 is 0 Å². The molecule has 1 N–H and O–H groups in total. The quantitative estimate of drug-likeness (QED) is 0.856. The van der Waals surface area contributed by atoms with E-state index in [1.54, 1.807) is 0 Å². The second-order valence-corrected chi connectivity index (χ2v) is 5.70. The van der Waals surface area contributed by atoms with Crippen LogP contribution in [0.4, 0.5) is 13.2 Å². The second-order valence-electron chi connectivity index (χ2n) is 5.70. The molecule has 0 unspecified atom stereocenters. The third kappa shape index (κ3) is 4.85. The van der Waals surface area contributed by atoms with E-state index in [2.05, 4.69) is 15.2 Å². The van der Waals surface area contributed by atoms with Crippen LogP contribution in [0.1, 0.15) is 19.3 Å². The average Bonchev–Trinajstić information content (AvgIpc) is 2.38. The summed E-state index contributed by atoms with van der Waals surface area (Å²) in [6.07, 6.45) is -1.36. The van der Waals surface area contributed by atoms with Gasteiger partial charge in [-0.05, 0) is 38.3 Å². The third-order valence-electron chi connectivity index (χ3n) is 3.93. The van der Waals surface area contributed by atoms with Gasteiger partial charge >= 0.3 is 6.18 Å². The molecule has 0 bridgehead atoms. The minimum atomic E-state index is -4.08. The van der Waals surface area contributed by atoms with Gasteiger partial charge in [0, 0.05) is 26.7 Å². The number of guanidine groups is 1. The molecule has 4 nitrogen and oxygen atoms in total. The minimum Gasteiger partial charge on any atom is -0.356 e. The van der Waals surface area contributed by atoms with Crippen molar-refractivity contribution in [3.63, 3.8) is 0 Å². The molecule has 7 heteroatoms. The molecule has 0 aliphatic carbocycles. The number of nitrogens with zero attached hydrogens (tertiary/aromatic N) is 3. The molecule has 0 radical (unpaired) electrons. The molecular weight excluding hydrogens is 269 g/mol. The SMILES string of the molecule is CN1CCCN=C1NCC1CCN(CC(F)(F)F)CC1. The van der Waals surface area contributed by atoms with Crippen molar-refractivity contribution in [2.45, 2.75) is 25.4 Å². The smallest absolute Gasteiger partial charge is 0.356 e. The standard InChI is InChI=1S/C13H23F3N4/c1-19-6-2-5-17-12(19)18-9-11-3-7-20(8-4-11)10-13(14,15)16/h11H,2-10H2,1H3,(H,17,18). The van der Waals surface area contributed by atoms with Crippen molar-refractivity contribution in [2.75, 3.05) is 46.3 Å². The van der Waals surface area contributed by atoms with Crippen molar-refractivity contribution < 1.29 is 13.2 Å². The zero-order valence-corrected chi connectivity index (χ0v) is 11.9. The first-order chi connectivity index (χ1) is 9.44. The van der Waals surface area contributed by atoms with E-state index >= 15 is 0 Å². The van der Waals surface area contributed by atoms with E-state index in [9.17, 15) is 13.2 Å². The van der Waals surface area contributed by atoms with Gasteiger partial charge in [-0.25, -0.2) is 0 Å². The molecule has 0 aromatic rings. The summed E-state index contributed by atoms with van der Waals surface area (Å²) in [5, 5.41) is 3.34. The first kappa shape index (κ1) is 15.4. The van der Waals surface area contributed by atoms with E-state index in [4.69, 9.17) is 0 Å². The van der Waals surface area contributed by atoms with Crippen molar-refractivity contribution >= 4 is 5.96 Å². The Morgan fingerprint density at radius 2 is 1.95 bits per heavy atom. The first-order valence-corrected chi connectivity index (χ1v) is 7.22. The highest BCUT2D eigenvalue weighted by molar-refractivity contribution is 5.80. The molecule has 0 amide bonds. The van der Waals surface area contributed by atoms with E-state index in [0.717, 1.165) is 44.9 Å². The number of hydrogen-bond donors (Lipinski definition) is 1. The number of rotatable bonds is 3. The second kappa shape index (κ2) is 6.65. The lowest BCUT2D eigenvalue weighted by atomic mass is 9.97. The summed E-state index contributed by atoms with van der Waals surface area (Å²) in [7, 11) is 2.01. The van der Waals surface area contributed by atoms with Crippen LogP contribution in [0.25, 0.3) is 0 Å². The van der Waals surface area contributed by atoms with Crippen molar-refractivity contribution in [3.8, 4) is 0 Å². The molecule has 2 heterocycles. The molecule has 1 saturated heterocycles. The van der Waals surface area contributed by atoms with Crippen LogP contribution in [0.3, 0.4) is 0 Å². The minimum absolute atomic E-state index is 0.442. The fourth-order valence-electron chi connectivity index (χ4n) is 2.75. The number of hydrogen-bond acceptors (Lipinski definition) is 4. The molecule has 0 aromatic heterocycles. The number of likely N-dealkylation sites (tertiary alicyclic amines) is 1. The number of aliphatic imine (C=N–C) groups is 1. The Balaban J connectivity index is 1.68. The van der Waals surface area contributed by atoms with E-state index < -0.39 is 12.7 Å². The predicted octanol–water partition coefficient (Wildman–Crippen LogP) is 1.54. The van der Waals surface area contributed by atoms with Gasteiger partial charge in [0.05, 0.1) is 6.54 Å². The molecule has 2 rings (SSSR count). The maximum Gasteiger partial charge on any atom is 0.401 e. The zero-order chi connectivity index (χ0) is 14.6. The van der Waals surface area contributed by atoms with Crippen LogP contribution in [0, 0.1) is 5.92 Å². The lowest BCUT2D eigenvalue weighted by molar-refractivity contribution is -0.148. The van der Waals surface area contributed by atoms with Crippen molar-refractivity contribution in [1.29, 1.82) is 0 Å². The largest absolute Gasteiger partial charge is 0.401 e. The van der Waals surface area contributed by atoms with Crippen molar-refractivity contribution in [3.05, 3.63) is 0 Å². The van der Waals surface area contributed by atoms with E-state index in [-0.39, 0.29) is 0 Å². The molecule has 0 aromatic carbocycles. The molecule has 2 aliphatic heterocycles. The number of nitrogens with one attached hydrogen (secondary N) is 1. The lowest BCUT2D eigenvalue weighted by Gasteiger charge is -2.33. The van der Waals surface area contributed by atoms with Crippen LogP contribution in [-0.4, -0.2) is 68.3 Å². The average molecular weight is 292 g/mol. The maximum atomic E-state index is 12.3. The van der Waals surface area contributed by atoms with Crippen LogP contribution in [-0.2, 0) is 0 Å². The van der Waals surface area contributed by atoms with Crippen LogP contribution in [0.5, 0.6) is 0 Å². The van der Waals surface area contributed by atoms with Crippen LogP contribution < -0.4 is 5.32 Å². The Morgan fingerprint density at radius 1 is 1.25 bits per heavy atom. The van der Waals surface area contributed by atoms with Gasteiger partial charge in [0.25, 0.3) is 0 Å². The normalized spacial score (nSPS) is 22.8. The molecule has 20 heavy (non-hydrogen) atoms. The Kier molecular flexibility index (Phi) is 5.12. The lowest BCUT2D eigenvalue weighted by Crippen LogP contribution is -2.46. The topological polar surface area (TPSA) is 30.9 Å². The summed E-state index contributed by atoms with van der Waals surface area (Å²) in [6.45, 7) is 2.97. The van der Waals surface area contributed by atoms with Gasteiger partial charge in [-0.3, -0.25) is 9.89 Å². The Morgan fingerprint density at radius 3 is 2.55 bits per heavy atom.